The van der Waals surface area contributed by atoms with Gasteiger partial charge >= 0.3 is 12.1 Å². The average Bonchev–Trinajstić information content (AvgIpc) is 2.70. The van der Waals surface area contributed by atoms with Crippen LogP contribution in [0.2, 0.25) is 0 Å². The van der Waals surface area contributed by atoms with Crippen LogP contribution in [0.5, 0.6) is 0 Å². The molecule has 120 valence electrons. The molecule has 1 saturated heterocycles. The van der Waals surface area contributed by atoms with Crippen molar-refractivity contribution in [3.05, 3.63) is 12.3 Å². The smallest absolute Gasteiger partial charge is 0.412 e. The highest BCUT2D eigenvalue weighted by molar-refractivity contribution is 5.82. The number of amides is 1. The molecule has 0 aromatic carbocycles. The van der Waals surface area contributed by atoms with Gasteiger partial charge in [0.2, 0.25) is 0 Å². The molecule has 0 saturated carbocycles. The highest BCUT2D eigenvalue weighted by atomic mass is 16.6. The number of methoxy groups -OCH3 is 1. The van der Waals surface area contributed by atoms with Gasteiger partial charge in [0.15, 0.2) is 0 Å². The van der Waals surface area contributed by atoms with Gasteiger partial charge in [-0.25, -0.2) is 9.59 Å². The summed E-state index contributed by atoms with van der Waals surface area (Å²) in [5, 5.41) is 3.14. The summed E-state index contributed by atoms with van der Waals surface area (Å²) in [7, 11) is 1.33. The van der Waals surface area contributed by atoms with Crippen molar-refractivity contribution in [1.82, 2.24) is 10.2 Å². The number of nitrogens with one attached hydrogen (secondary N) is 1. The Balaban J connectivity index is 3.01. The zero-order chi connectivity index (χ0) is 16.2. The molecule has 6 nitrogen and oxygen atoms in total. The van der Waals surface area contributed by atoms with Crippen LogP contribution in [-0.4, -0.2) is 41.9 Å². The van der Waals surface area contributed by atoms with Crippen LogP contribution in [0, 0.1) is 5.92 Å². The summed E-state index contributed by atoms with van der Waals surface area (Å²) in [4.78, 5) is 25.8. The Bertz CT molecular complexity index is 414. The van der Waals surface area contributed by atoms with Crippen LogP contribution in [0.25, 0.3) is 0 Å². The van der Waals surface area contributed by atoms with Crippen LogP contribution in [0.1, 0.15) is 41.0 Å². The summed E-state index contributed by atoms with van der Waals surface area (Å²) in [6.07, 6.45) is 3.34. The molecule has 0 spiro atoms. The molecule has 6 heteroatoms. The fourth-order valence-electron chi connectivity index (χ4n) is 2.40. The van der Waals surface area contributed by atoms with E-state index in [1.807, 2.05) is 19.9 Å². The quantitative estimate of drug-likeness (QED) is 0.809. The molecule has 1 fully saturated rings. The van der Waals surface area contributed by atoms with Crippen LogP contribution in [0.3, 0.4) is 0 Å². The molecule has 21 heavy (non-hydrogen) atoms. The van der Waals surface area contributed by atoms with Crippen molar-refractivity contribution in [2.45, 2.75) is 58.8 Å². The van der Waals surface area contributed by atoms with Gasteiger partial charge in [-0.05, 0) is 46.2 Å². The zero-order valence-corrected chi connectivity index (χ0v) is 13.7. The monoisotopic (exact) mass is 298 g/mol. The molecule has 1 heterocycles. The van der Waals surface area contributed by atoms with Crippen LogP contribution in [0.15, 0.2) is 12.3 Å². The third-order valence-corrected chi connectivity index (χ3v) is 3.28. The minimum Gasteiger partial charge on any atom is -0.467 e. The van der Waals surface area contributed by atoms with Crippen molar-refractivity contribution < 1.29 is 19.1 Å². The van der Waals surface area contributed by atoms with E-state index in [0.717, 1.165) is 0 Å². The van der Waals surface area contributed by atoms with Gasteiger partial charge in [-0.15, -0.1) is 0 Å². The zero-order valence-electron chi connectivity index (χ0n) is 13.7. The van der Waals surface area contributed by atoms with Gasteiger partial charge in [-0.1, -0.05) is 13.0 Å². The number of carbonyl (C=O) groups excluding carboxylic acids is 2. The number of allylic oxidation sites excluding steroid dienone is 1. The summed E-state index contributed by atoms with van der Waals surface area (Å²) >= 11 is 0. The maximum absolute atomic E-state index is 12.4. The Morgan fingerprint density at radius 3 is 2.43 bits per heavy atom. The Labute approximate surface area is 126 Å². The second-order valence-electron chi connectivity index (χ2n) is 6.25. The highest BCUT2D eigenvalue weighted by Gasteiger charge is 2.47. The number of nitrogens with zero attached hydrogens (tertiary/aromatic N) is 1. The molecule has 1 unspecified atom stereocenters. The van der Waals surface area contributed by atoms with Gasteiger partial charge in [-0.2, -0.15) is 0 Å². The van der Waals surface area contributed by atoms with Gasteiger partial charge in [-0.3, -0.25) is 4.90 Å². The summed E-state index contributed by atoms with van der Waals surface area (Å²) in [6, 6.07) is -0.623. The van der Waals surface area contributed by atoms with Crippen molar-refractivity contribution in [2.75, 3.05) is 7.11 Å². The highest BCUT2D eigenvalue weighted by Crippen LogP contribution is 2.30. The van der Waals surface area contributed by atoms with E-state index >= 15 is 0 Å². The van der Waals surface area contributed by atoms with Gasteiger partial charge in [0.05, 0.1) is 7.11 Å². The minimum absolute atomic E-state index is 0.109. The maximum Gasteiger partial charge on any atom is 0.412 e. The number of rotatable bonds is 3. The lowest BCUT2D eigenvalue weighted by Gasteiger charge is -2.32. The van der Waals surface area contributed by atoms with E-state index in [1.54, 1.807) is 27.0 Å². The predicted molar refractivity (Wildman–Crippen MR) is 79.4 cm³/mol. The Morgan fingerprint density at radius 2 is 1.95 bits per heavy atom. The van der Waals surface area contributed by atoms with Gasteiger partial charge < -0.3 is 14.8 Å². The van der Waals surface area contributed by atoms with Crippen molar-refractivity contribution >= 4 is 12.1 Å². The molecule has 1 rings (SSSR count). The Hall–Kier alpha value is -1.72. The molecule has 1 amide bonds. The minimum atomic E-state index is -0.623. The molecule has 0 aromatic rings. The molecular weight excluding hydrogens is 272 g/mol. The van der Waals surface area contributed by atoms with E-state index < -0.39 is 23.7 Å². The molecule has 0 aliphatic carbocycles. The Morgan fingerprint density at radius 1 is 1.33 bits per heavy atom. The fourth-order valence-corrected chi connectivity index (χ4v) is 2.40. The van der Waals surface area contributed by atoms with Crippen molar-refractivity contribution in [2.24, 2.45) is 5.92 Å². The largest absolute Gasteiger partial charge is 0.467 e. The number of hydrogen-bond acceptors (Lipinski definition) is 5. The SMILES string of the molecule is C/C=C/NC1[C@H](C)C[C@@H](C(=O)OC)N1C(=O)OC(C)(C)C. The first kappa shape index (κ1) is 17.3. The van der Waals surface area contributed by atoms with Crippen molar-refractivity contribution in [1.29, 1.82) is 0 Å². The molecule has 0 aromatic heterocycles. The van der Waals surface area contributed by atoms with Crippen LogP contribution >= 0.6 is 0 Å². The van der Waals surface area contributed by atoms with E-state index in [-0.39, 0.29) is 12.1 Å². The first-order valence-electron chi connectivity index (χ1n) is 7.17. The summed E-state index contributed by atoms with van der Waals surface area (Å²) < 4.78 is 10.2. The van der Waals surface area contributed by atoms with Gasteiger partial charge in [0.1, 0.15) is 17.8 Å². The standard InChI is InChI=1S/C15H26N2O4/c1-7-8-16-12-10(2)9-11(13(18)20-6)17(12)14(19)21-15(3,4)5/h7-8,10-12,16H,9H2,1-6H3/b8-7+/t10-,11+,12?/m1/s1. The fraction of sp³-hybridized carbons (Fsp3) is 0.733. The third-order valence-electron chi connectivity index (χ3n) is 3.28. The van der Waals surface area contributed by atoms with Crippen molar-refractivity contribution in [3.63, 3.8) is 0 Å². The number of likely N-dealkylation sites (tertiary alicyclic amines) is 1. The molecule has 1 aliphatic heterocycles. The number of esters is 1. The number of carbonyl (C=O) groups is 2. The second kappa shape index (κ2) is 6.83. The van der Waals surface area contributed by atoms with E-state index in [0.29, 0.717) is 6.42 Å². The summed E-state index contributed by atoms with van der Waals surface area (Å²) in [6.45, 7) is 9.26. The molecule has 1 N–H and O–H groups in total. The van der Waals surface area contributed by atoms with Gasteiger partial charge in [0.25, 0.3) is 0 Å². The van der Waals surface area contributed by atoms with Crippen LogP contribution < -0.4 is 5.32 Å². The Kier molecular flexibility index (Phi) is 5.63. The normalized spacial score (nSPS) is 26.0. The summed E-state index contributed by atoms with van der Waals surface area (Å²) in [5.41, 5.74) is -0.616. The molecule has 3 atom stereocenters. The average molecular weight is 298 g/mol. The van der Waals surface area contributed by atoms with E-state index in [1.165, 1.54) is 12.0 Å². The maximum atomic E-state index is 12.4. The van der Waals surface area contributed by atoms with E-state index in [4.69, 9.17) is 9.47 Å². The predicted octanol–water partition coefficient (Wildman–Crippen LogP) is 2.25. The van der Waals surface area contributed by atoms with Gasteiger partial charge in [0, 0.05) is 0 Å². The number of hydrogen-bond donors (Lipinski definition) is 1. The topological polar surface area (TPSA) is 67.9 Å². The third kappa shape index (κ3) is 4.37. The lowest BCUT2D eigenvalue weighted by Crippen LogP contribution is -2.52. The van der Waals surface area contributed by atoms with Crippen LogP contribution in [0.4, 0.5) is 4.79 Å². The lowest BCUT2D eigenvalue weighted by atomic mass is 10.1. The lowest BCUT2D eigenvalue weighted by molar-refractivity contribution is -0.146. The first-order chi connectivity index (χ1) is 9.71. The number of ether oxygens (including phenoxy) is 2. The van der Waals surface area contributed by atoms with Crippen molar-refractivity contribution in [3.8, 4) is 0 Å². The second-order valence-corrected chi connectivity index (χ2v) is 6.25. The first-order valence-corrected chi connectivity index (χ1v) is 7.17. The van der Waals surface area contributed by atoms with E-state index in [2.05, 4.69) is 5.32 Å². The van der Waals surface area contributed by atoms with Crippen LogP contribution in [-0.2, 0) is 14.3 Å². The van der Waals surface area contributed by atoms with E-state index in [9.17, 15) is 9.59 Å². The molecular formula is C15H26N2O4. The summed E-state index contributed by atoms with van der Waals surface area (Å²) in [5.74, 6) is -0.310. The molecule has 0 radical (unpaired) electrons. The molecule has 1 aliphatic rings. The molecule has 0 bridgehead atoms.